The number of anilines is 1. The van der Waals surface area contributed by atoms with Crippen LogP contribution in [0.2, 0.25) is 5.02 Å². The van der Waals surface area contributed by atoms with Gasteiger partial charge in [-0.15, -0.1) is 0 Å². The van der Waals surface area contributed by atoms with Gasteiger partial charge in [0.2, 0.25) is 5.91 Å². The summed E-state index contributed by atoms with van der Waals surface area (Å²) in [5, 5.41) is 3.52. The van der Waals surface area contributed by atoms with Crippen LogP contribution in [0.3, 0.4) is 0 Å². The molecule has 1 N–H and O–H groups in total. The molecule has 1 amide bonds. The van der Waals surface area contributed by atoms with Crippen LogP contribution < -0.4 is 10.1 Å². The fraction of sp³-hybridized carbons (Fsp3) is 0.458. The molecule has 0 unspecified atom stereocenters. The van der Waals surface area contributed by atoms with E-state index in [1.165, 1.54) is 24.8 Å². The van der Waals surface area contributed by atoms with Gasteiger partial charge in [0.05, 0.1) is 21.8 Å². The van der Waals surface area contributed by atoms with Crippen LogP contribution in [0.25, 0.3) is 0 Å². The molecule has 0 radical (unpaired) electrons. The topological polar surface area (TPSA) is 41.6 Å². The van der Waals surface area contributed by atoms with Gasteiger partial charge in [-0.1, -0.05) is 41.9 Å². The molecule has 0 aromatic heterocycles. The van der Waals surface area contributed by atoms with Gasteiger partial charge in [-0.05, 0) is 84.2 Å². The molecule has 1 saturated heterocycles. The summed E-state index contributed by atoms with van der Waals surface area (Å²) in [5.41, 5.74) is 3.30. The molecular formula is C24H28BrClN2O2. The second-order valence-electron chi connectivity index (χ2n) is 8.26. The molecule has 2 heterocycles. The van der Waals surface area contributed by atoms with Gasteiger partial charge in [-0.25, -0.2) is 0 Å². The summed E-state index contributed by atoms with van der Waals surface area (Å²) in [6.07, 6.45) is 5.88. The molecule has 30 heavy (non-hydrogen) atoms. The zero-order chi connectivity index (χ0) is 20.9. The predicted octanol–water partition coefficient (Wildman–Crippen LogP) is 5.71. The van der Waals surface area contributed by atoms with Crippen molar-refractivity contribution in [3.05, 3.63) is 57.0 Å². The number of carbonyl (C=O) groups is 1. The number of likely N-dealkylation sites (tertiary alicyclic amines) is 1. The Kier molecular flexibility index (Phi) is 7.34. The van der Waals surface area contributed by atoms with Gasteiger partial charge >= 0.3 is 0 Å². The van der Waals surface area contributed by atoms with Crippen LogP contribution in [0, 0.1) is 5.92 Å². The van der Waals surface area contributed by atoms with E-state index in [2.05, 4.69) is 56.5 Å². The van der Waals surface area contributed by atoms with Gasteiger partial charge in [0.1, 0.15) is 0 Å². The number of nitrogens with one attached hydrogen (secondary N) is 1. The van der Waals surface area contributed by atoms with Crippen LogP contribution in [0.15, 0.2) is 40.9 Å². The molecule has 160 valence electrons. The number of rotatable bonds is 7. The van der Waals surface area contributed by atoms with Crippen molar-refractivity contribution < 1.29 is 9.53 Å². The Balaban J connectivity index is 1.22. The Morgan fingerprint density at radius 3 is 2.70 bits per heavy atom. The summed E-state index contributed by atoms with van der Waals surface area (Å²) in [5.74, 6) is 1.45. The van der Waals surface area contributed by atoms with E-state index >= 15 is 0 Å². The number of hydrogen-bond donors (Lipinski definition) is 1. The number of amides is 1. The van der Waals surface area contributed by atoms with Gasteiger partial charge in [0.15, 0.2) is 5.75 Å². The Bertz CT molecular complexity index is 883. The molecule has 0 spiro atoms. The number of piperidine rings is 1. The average molecular weight is 492 g/mol. The minimum atomic E-state index is 0.0344. The van der Waals surface area contributed by atoms with E-state index in [1.54, 1.807) is 0 Å². The number of hydrogen-bond acceptors (Lipinski definition) is 3. The SMILES string of the molecule is O=C1CCc2cc(Cl)c(OCCCN3CCC(Cc4ccccc4)CC3)c(Br)c2N1. The first-order valence-corrected chi connectivity index (χ1v) is 12.0. The molecule has 0 bridgehead atoms. The van der Waals surface area contributed by atoms with Crippen molar-refractivity contribution in [1.29, 1.82) is 0 Å². The van der Waals surface area contributed by atoms with Crippen LogP contribution in [0.5, 0.6) is 5.75 Å². The van der Waals surface area contributed by atoms with Crippen molar-refractivity contribution in [2.24, 2.45) is 5.92 Å². The van der Waals surface area contributed by atoms with E-state index in [9.17, 15) is 4.79 Å². The number of benzene rings is 2. The van der Waals surface area contributed by atoms with Crippen LogP contribution in [0.4, 0.5) is 5.69 Å². The minimum absolute atomic E-state index is 0.0344. The van der Waals surface area contributed by atoms with Crippen LogP contribution >= 0.6 is 27.5 Å². The van der Waals surface area contributed by atoms with Crippen LogP contribution in [-0.4, -0.2) is 37.0 Å². The smallest absolute Gasteiger partial charge is 0.224 e. The largest absolute Gasteiger partial charge is 0.491 e. The monoisotopic (exact) mass is 490 g/mol. The molecule has 6 heteroatoms. The second kappa shape index (κ2) is 10.2. The van der Waals surface area contributed by atoms with Crippen LogP contribution in [0.1, 0.15) is 36.8 Å². The first-order valence-electron chi connectivity index (χ1n) is 10.8. The number of nitrogens with zero attached hydrogens (tertiary/aromatic N) is 1. The molecule has 2 aliphatic rings. The molecule has 4 nitrogen and oxygen atoms in total. The lowest BCUT2D eigenvalue weighted by Crippen LogP contribution is -2.35. The molecule has 2 aromatic rings. The number of ether oxygens (including phenoxy) is 1. The number of halogens is 2. The maximum Gasteiger partial charge on any atom is 0.224 e. The summed E-state index contributed by atoms with van der Waals surface area (Å²) in [4.78, 5) is 14.3. The van der Waals surface area contributed by atoms with Crippen LogP contribution in [-0.2, 0) is 17.6 Å². The van der Waals surface area contributed by atoms with Crippen molar-refractivity contribution in [1.82, 2.24) is 4.90 Å². The maximum absolute atomic E-state index is 11.7. The van der Waals surface area contributed by atoms with Gasteiger partial charge in [0, 0.05) is 13.0 Å². The lowest BCUT2D eigenvalue weighted by Gasteiger charge is -2.32. The number of fused-ring (bicyclic) bond motifs is 1. The number of aryl methyl sites for hydroxylation is 1. The minimum Gasteiger partial charge on any atom is -0.491 e. The summed E-state index contributed by atoms with van der Waals surface area (Å²) < 4.78 is 6.75. The zero-order valence-electron chi connectivity index (χ0n) is 17.1. The highest BCUT2D eigenvalue weighted by atomic mass is 79.9. The third kappa shape index (κ3) is 5.37. The molecule has 4 rings (SSSR count). The van der Waals surface area contributed by atoms with Crippen molar-refractivity contribution in [3.8, 4) is 5.75 Å². The van der Waals surface area contributed by atoms with Gasteiger partial charge in [-0.3, -0.25) is 4.79 Å². The van der Waals surface area contributed by atoms with Crippen molar-refractivity contribution in [3.63, 3.8) is 0 Å². The Labute approximate surface area is 192 Å². The molecule has 2 aliphatic heterocycles. The highest BCUT2D eigenvalue weighted by Crippen LogP contribution is 2.43. The van der Waals surface area contributed by atoms with E-state index in [4.69, 9.17) is 16.3 Å². The molecular weight excluding hydrogens is 464 g/mol. The second-order valence-corrected chi connectivity index (χ2v) is 9.46. The highest BCUT2D eigenvalue weighted by Gasteiger charge is 2.23. The van der Waals surface area contributed by atoms with Gasteiger partial charge < -0.3 is 15.0 Å². The van der Waals surface area contributed by atoms with Crippen molar-refractivity contribution in [2.75, 3.05) is 31.6 Å². The van der Waals surface area contributed by atoms with E-state index in [0.717, 1.165) is 47.7 Å². The fourth-order valence-electron chi connectivity index (χ4n) is 4.39. The van der Waals surface area contributed by atoms with E-state index in [0.29, 0.717) is 30.2 Å². The Morgan fingerprint density at radius 2 is 1.93 bits per heavy atom. The third-order valence-corrected chi connectivity index (χ3v) is 7.12. The van der Waals surface area contributed by atoms with Crippen molar-refractivity contribution >= 4 is 39.1 Å². The van der Waals surface area contributed by atoms with Crippen molar-refractivity contribution in [2.45, 2.75) is 38.5 Å². The van der Waals surface area contributed by atoms with E-state index in [1.807, 2.05) is 6.07 Å². The fourth-order valence-corrected chi connectivity index (χ4v) is 5.47. The Hall–Kier alpha value is -1.56. The third-order valence-electron chi connectivity index (χ3n) is 6.08. The molecule has 2 aromatic carbocycles. The lowest BCUT2D eigenvalue weighted by molar-refractivity contribution is -0.116. The van der Waals surface area contributed by atoms with E-state index < -0.39 is 0 Å². The standard InChI is InChI=1S/C24H28BrClN2O2/c25-22-23-19(7-8-21(29)27-23)16-20(26)24(22)30-14-4-11-28-12-9-18(10-13-28)15-17-5-2-1-3-6-17/h1-3,5-6,16,18H,4,7-15H2,(H,27,29). The summed E-state index contributed by atoms with van der Waals surface area (Å²) in [7, 11) is 0. The number of carbonyl (C=O) groups excluding carboxylic acids is 1. The first kappa shape index (κ1) is 21.7. The molecule has 0 aliphatic carbocycles. The lowest BCUT2D eigenvalue weighted by atomic mass is 9.90. The highest BCUT2D eigenvalue weighted by molar-refractivity contribution is 9.10. The zero-order valence-corrected chi connectivity index (χ0v) is 19.5. The van der Waals surface area contributed by atoms with E-state index in [-0.39, 0.29) is 5.91 Å². The quantitative estimate of drug-likeness (QED) is 0.504. The predicted molar refractivity (Wildman–Crippen MR) is 126 cm³/mol. The first-order chi connectivity index (χ1) is 14.6. The van der Waals surface area contributed by atoms with Gasteiger partial charge in [-0.2, -0.15) is 0 Å². The molecule has 0 saturated carbocycles. The average Bonchev–Trinajstić information content (AvgIpc) is 2.75. The normalized spacial score (nSPS) is 17.5. The Morgan fingerprint density at radius 1 is 1.17 bits per heavy atom. The molecule has 1 fully saturated rings. The summed E-state index contributed by atoms with van der Waals surface area (Å²) in [6.45, 7) is 3.96. The summed E-state index contributed by atoms with van der Waals surface area (Å²) in [6, 6.07) is 12.7. The maximum atomic E-state index is 11.7. The molecule has 0 atom stereocenters. The van der Waals surface area contributed by atoms with Gasteiger partial charge in [0.25, 0.3) is 0 Å². The summed E-state index contributed by atoms with van der Waals surface area (Å²) >= 11 is 10.0.